The van der Waals surface area contributed by atoms with Crippen molar-refractivity contribution in [3.63, 3.8) is 0 Å². The van der Waals surface area contributed by atoms with Gasteiger partial charge in [0.2, 0.25) is 0 Å². The van der Waals surface area contributed by atoms with Crippen LogP contribution in [0.15, 0.2) is 60.7 Å². The summed E-state index contributed by atoms with van der Waals surface area (Å²) < 4.78 is 0. The number of rotatable bonds is 4. The summed E-state index contributed by atoms with van der Waals surface area (Å²) in [5.41, 5.74) is 3.62. The number of piperidine rings is 1. The fraction of sp³-hybridized carbons (Fsp3) is 0.273. The molecule has 5 heteroatoms. The smallest absolute Gasteiger partial charge is 0.271 e. The van der Waals surface area contributed by atoms with Gasteiger partial charge in [0, 0.05) is 23.7 Å². The number of hydrogen-bond acceptors (Lipinski definition) is 2. The molecule has 1 aliphatic heterocycles. The third-order valence-electron chi connectivity index (χ3n) is 5.22. The van der Waals surface area contributed by atoms with Gasteiger partial charge in [-0.15, -0.1) is 0 Å². The Bertz CT molecular complexity index is 897. The normalized spacial score (nSPS) is 15.1. The number of carbonyl (C=O) groups is 1. The first-order valence-corrected chi connectivity index (χ1v) is 9.71. The lowest BCUT2D eigenvalue weighted by molar-refractivity contribution is 0.0684. The van der Waals surface area contributed by atoms with Gasteiger partial charge in [0.05, 0.1) is 5.69 Å². The number of aromatic amines is 1. The number of nitrogens with one attached hydrogen (secondary N) is 1. The van der Waals surface area contributed by atoms with E-state index in [0.717, 1.165) is 43.6 Å². The van der Waals surface area contributed by atoms with Crippen molar-refractivity contribution in [1.82, 2.24) is 15.1 Å². The molecule has 4 nitrogen and oxygen atoms in total. The van der Waals surface area contributed by atoms with Gasteiger partial charge in [-0.25, -0.2) is 0 Å². The first-order chi connectivity index (χ1) is 13.2. The molecule has 2 aromatic carbocycles. The van der Waals surface area contributed by atoms with Gasteiger partial charge in [0.15, 0.2) is 0 Å². The van der Waals surface area contributed by atoms with Crippen molar-refractivity contribution in [1.29, 1.82) is 0 Å². The van der Waals surface area contributed by atoms with Gasteiger partial charge in [0.25, 0.3) is 5.91 Å². The molecule has 0 atom stereocenters. The maximum atomic E-state index is 12.8. The molecule has 0 aliphatic carbocycles. The highest BCUT2D eigenvalue weighted by Crippen LogP contribution is 2.24. The Labute approximate surface area is 164 Å². The van der Waals surface area contributed by atoms with Gasteiger partial charge < -0.3 is 4.90 Å². The van der Waals surface area contributed by atoms with E-state index in [9.17, 15) is 4.79 Å². The standard InChI is InChI=1S/C22H22ClN3O/c23-19-8-6-18(7-9-19)20-15-21(25-24-20)22(27)26-12-10-17(11-13-26)14-16-4-2-1-3-5-16/h1-9,15,17H,10-14H2,(H,24,25). The lowest BCUT2D eigenvalue weighted by atomic mass is 9.90. The van der Waals surface area contributed by atoms with Crippen LogP contribution in [0.3, 0.4) is 0 Å². The van der Waals surface area contributed by atoms with Crippen LogP contribution in [0.5, 0.6) is 0 Å². The van der Waals surface area contributed by atoms with Crippen molar-refractivity contribution < 1.29 is 4.79 Å². The van der Waals surface area contributed by atoms with Gasteiger partial charge >= 0.3 is 0 Å². The van der Waals surface area contributed by atoms with E-state index in [-0.39, 0.29) is 5.91 Å². The molecule has 27 heavy (non-hydrogen) atoms. The van der Waals surface area contributed by atoms with Crippen LogP contribution >= 0.6 is 11.6 Å². The average molecular weight is 380 g/mol. The predicted molar refractivity (Wildman–Crippen MR) is 108 cm³/mol. The second-order valence-electron chi connectivity index (χ2n) is 7.10. The number of amides is 1. The summed E-state index contributed by atoms with van der Waals surface area (Å²) in [5.74, 6) is 0.670. The zero-order valence-electron chi connectivity index (χ0n) is 15.1. The molecular weight excluding hydrogens is 358 g/mol. The molecule has 4 rings (SSSR count). The summed E-state index contributed by atoms with van der Waals surface area (Å²) in [6.45, 7) is 1.59. The molecule has 3 aromatic rings. The molecule has 1 aromatic heterocycles. The number of carbonyl (C=O) groups excluding carboxylic acids is 1. The maximum Gasteiger partial charge on any atom is 0.271 e. The Morgan fingerprint density at radius 3 is 2.48 bits per heavy atom. The molecule has 1 N–H and O–H groups in total. The van der Waals surface area contributed by atoms with Crippen LogP contribution in [0, 0.1) is 5.92 Å². The fourth-order valence-electron chi connectivity index (χ4n) is 3.66. The summed E-state index contributed by atoms with van der Waals surface area (Å²) in [7, 11) is 0. The molecule has 1 amide bonds. The molecular formula is C22H22ClN3O. The van der Waals surface area contributed by atoms with Crippen LogP contribution in [0.4, 0.5) is 0 Å². The highest BCUT2D eigenvalue weighted by molar-refractivity contribution is 6.30. The predicted octanol–water partition coefficient (Wildman–Crippen LogP) is 4.83. The number of likely N-dealkylation sites (tertiary alicyclic amines) is 1. The lowest BCUT2D eigenvalue weighted by Crippen LogP contribution is -2.39. The SMILES string of the molecule is O=C(c1cc(-c2ccc(Cl)cc2)n[nH]1)N1CCC(Cc2ccccc2)CC1. The lowest BCUT2D eigenvalue weighted by Gasteiger charge is -2.31. The summed E-state index contributed by atoms with van der Waals surface area (Å²) >= 11 is 5.93. The van der Waals surface area contributed by atoms with E-state index in [4.69, 9.17) is 11.6 Å². The summed E-state index contributed by atoms with van der Waals surface area (Å²) in [5, 5.41) is 7.86. The van der Waals surface area contributed by atoms with E-state index in [2.05, 4.69) is 34.5 Å². The van der Waals surface area contributed by atoms with Crippen LogP contribution in [-0.2, 0) is 6.42 Å². The molecule has 138 valence electrons. The second kappa shape index (κ2) is 7.97. The number of benzene rings is 2. The molecule has 0 bridgehead atoms. The zero-order chi connectivity index (χ0) is 18.6. The third kappa shape index (κ3) is 4.22. The van der Waals surface area contributed by atoms with Gasteiger partial charge in [-0.3, -0.25) is 9.89 Å². The van der Waals surface area contributed by atoms with Crippen LogP contribution in [-0.4, -0.2) is 34.1 Å². The van der Waals surface area contributed by atoms with Crippen molar-refractivity contribution >= 4 is 17.5 Å². The minimum absolute atomic E-state index is 0.0286. The van der Waals surface area contributed by atoms with E-state index in [1.54, 1.807) is 0 Å². The van der Waals surface area contributed by atoms with Gasteiger partial charge in [-0.1, -0.05) is 54.1 Å². The monoisotopic (exact) mass is 379 g/mol. The Morgan fingerprint density at radius 2 is 1.78 bits per heavy atom. The molecule has 1 saturated heterocycles. The van der Waals surface area contributed by atoms with Crippen molar-refractivity contribution in [3.8, 4) is 11.3 Å². The number of aromatic nitrogens is 2. The third-order valence-corrected chi connectivity index (χ3v) is 5.47. The highest BCUT2D eigenvalue weighted by atomic mass is 35.5. The van der Waals surface area contributed by atoms with E-state index in [1.807, 2.05) is 41.3 Å². The quantitative estimate of drug-likeness (QED) is 0.706. The second-order valence-corrected chi connectivity index (χ2v) is 7.54. The van der Waals surface area contributed by atoms with E-state index >= 15 is 0 Å². The van der Waals surface area contributed by atoms with Crippen LogP contribution < -0.4 is 0 Å². The maximum absolute atomic E-state index is 12.8. The van der Waals surface area contributed by atoms with Crippen LogP contribution in [0.2, 0.25) is 5.02 Å². The molecule has 0 unspecified atom stereocenters. The Morgan fingerprint density at radius 1 is 1.07 bits per heavy atom. The number of halogens is 1. The van der Waals surface area contributed by atoms with Crippen molar-refractivity contribution in [3.05, 3.63) is 76.9 Å². The first-order valence-electron chi connectivity index (χ1n) is 9.33. The zero-order valence-corrected chi connectivity index (χ0v) is 15.8. The van der Waals surface area contributed by atoms with E-state index < -0.39 is 0 Å². The van der Waals surface area contributed by atoms with Crippen LogP contribution in [0.1, 0.15) is 28.9 Å². The molecule has 0 saturated carbocycles. The molecule has 1 fully saturated rings. The van der Waals surface area contributed by atoms with Crippen molar-refractivity contribution in [2.45, 2.75) is 19.3 Å². The molecule has 0 spiro atoms. The Kier molecular flexibility index (Phi) is 5.26. The Hall–Kier alpha value is -2.59. The number of H-pyrrole nitrogens is 1. The number of hydrogen-bond donors (Lipinski definition) is 1. The summed E-state index contributed by atoms with van der Waals surface area (Å²) in [6, 6.07) is 19.9. The molecule has 2 heterocycles. The Balaban J connectivity index is 1.36. The van der Waals surface area contributed by atoms with E-state index in [0.29, 0.717) is 16.6 Å². The first kappa shape index (κ1) is 17.8. The fourth-order valence-corrected chi connectivity index (χ4v) is 3.78. The topological polar surface area (TPSA) is 49.0 Å². The van der Waals surface area contributed by atoms with Crippen molar-refractivity contribution in [2.75, 3.05) is 13.1 Å². The molecule has 0 radical (unpaired) electrons. The highest BCUT2D eigenvalue weighted by Gasteiger charge is 2.25. The van der Waals surface area contributed by atoms with Crippen molar-refractivity contribution in [2.24, 2.45) is 5.92 Å². The summed E-state index contributed by atoms with van der Waals surface area (Å²) in [6.07, 6.45) is 3.17. The van der Waals surface area contributed by atoms with Gasteiger partial charge in [0.1, 0.15) is 5.69 Å². The van der Waals surface area contributed by atoms with Crippen LogP contribution in [0.25, 0.3) is 11.3 Å². The van der Waals surface area contributed by atoms with Gasteiger partial charge in [-0.05, 0) is 48.9 Å². The largest absolute Gasteiger partial charge is 0.337 e. The minimum atomic E-state index is 0.0286. The molecule has 1 aliphatic rings. The average Bonchev–Trinajstić information content (AvgIpc) is 3.20. The van der Waals surface area contributed by atoms with E-state index in [1.165, 1.54) is 5.56 Å². The van der Waals surface area contributed by atoms with Gasteiger partial charge in [-0.2, -0.15) is 5.10 Å². The minimum Gasteiger partial charge on any atom is -0.337 e. The number of nitrogens with zero attached hydrogens (tertiary/aromatic N) is 2. The summed E-state index contributed by atoms with van der Waals surface area (Å²) in [4.78, 5) is 14.7.